The number of rotatable bonds is 5. The molecule has 2 aromatic rings. The second-order valence-electron chi connectivity index (χ2n) is 6.26. The summed E-state index contributed by atoms with van der Waals surface area (Å²) in [4.78, 5) is 15.1. The van der Waals surface area contributed by atoms with Gasteiger partial charge in [0.25, 0.3) is 5.91 Å². The first-order valence-electron chi connectivity index (χ1n) is 8.51. The summed E-state index contributed by atoms with van der Waals surface area (Å²) in [5, 5.41) is 8.39. The maximum atomic E-state index is 14.5. The Morgan fingerprint density at radius 3 is 2.67 bits per heavy atom. The summed E-state index contributed by atoms with van der Waals surface area (Å²) in [6.45, 7) is 4.22. The van der Waals surface area contributed by atoms with Gasteiger partial charge in [0, 0.05) is 5.56 Å². The van der Waals surface area contributed by atoms with Crippen LogP contribution in [0.25, 0.3) is 11.1 Å². The van der Waals surface area contributed by atoms with Gasteiger partial charge < -0.3 is 5.73 Å². The van der Waals surface area contributed by atoms with Crippen LogP contribution in [0.15, 0.2) is 47.5 Å². The summed E-state index contributed by atoms with van der Waals surface area (Å²) in [6.07, 6.45) is -0.297. The Kier molecular flexibility index (Phi) is 6.89. The van der Waals surface area contributed by atoms with Gasteiger partial charge in [0.1, 0.15) is 12.2 Å². The first-order valence-corrected chi connectivity index (χ1v) is 8.51. The lowest BCUT2D eigenvalue weighted by Gasteiger charge is -2.13. The second-order valence-corrected chi connectivity index (χ2v) is 6.26. The molecular formula is C20H22FN5O. The van der Waals surface area contributed by atoms with E-state index in [0.29, 0.717) is 11.5 Å². The van der Waals surface area contributed by atoms with Gasteiger partial charge in [0.2, 0.25) is 5.96 Å². The number of benzene rings is 2. The zero-order valence-electron chi connectivity index (χ0n) is 15.3. The van der Waals surface area contributed by atoms with Crippen LogP contribution in [-0.4, -0.2) is 11.9 Å². The number of amides is 1. The van der Waals surface area contributed by atoms with Crippen LogP contribution < -0.4 is 16.6 Å². The number of nitriles is 1. The standard InChI is InChI=1S/C20H22FN5O/c1-13(2)16-5-3-4-6-17(16)14-7-8-15(18(21)11-14)12-24-20(23)26-25-19(27)9-10-22/h3-8,11,13H,9,12H2,1-2H3,(H,25,27)(H3,23,24,26). The SMILES string of the molecule is CC(C)c1ccccc1-c1ccc(CN=C(N)NNC(=O)CC#N)c(F)c1. The van der Waals surface area contributed by atoms with Crippen LogP contribution >= 0.6 is 0 Å². The fourth-order valence-electron chi connectivity index (χ4n) is 2.57. The van der Waals surface area contributed by atoms with E-state index in [1.807, 2.05) is 30.3 Å². The number of nitrogens with zero attached hydrogens (tertiary/aromatic N) is 2. The normalized spacial score (nSPS) is 11.1. The van der Waals surface area contributed by atoms with Crippen molar-refractivity contribution in [1.29, 1.82) is 5.26 Å². The Bertz CT molecular complexity index is 886. The summed E-state index contributed by atoms with van der Waals surface area (Å²) in [6, 6.07) is 14.7. The smallest absolute Gasteiger partial charge is 0.252 e. The van der Waals surface area contributed by atoms with E-state index in [-0.39, 0.29) is 24.7 Å². The minimum absolute atomic E-state index is 0.0187. The van der Waals surface area contributed by atoms with Gasteiger partial charge in [-0.3, -0.25) is 15.6 Å². The molecule has 0 radical (unpaired) electrons. The van der Waals surface area contributed by atoms with Gasteiger partial charge in [-0.15, -0.1) is 0 Å². The molecule has 0 atom stereocenters. The highest BCUT2D eigenvalue weighted by atomic mass is 19.1. The summed E-state index contributed by atoms with van der Waals surface area (Å²) in [5.74, 6) is -0.656. The predicted octanol–water partition coefficient (Wildman–Crippen LogP) is 2.97. The zero-order valence-corrected chi connectivity index (χ0v) is 15.3. The van der Waals surface area contributed by atoms with E-state index in [9.17, 15) is 9.18 Å². The Labute approximate surface area is 157 Å². The molecule has 2 aromatic carbocycles. The number of nitrogens with two attached hydrogens (primary N) is 1. The van der Waals surface area contributed by atoms with Gasteiger partial charge in [0.15, 0.2) is 0 Å². The van der Waals surface area contributed by atoms with Crippen molar-refractivity contribution in [3.63, 3.8) is 0 Å². The van der Waals surface area contributed by atoms with Crippen molar-refractivity contribution in [2.24, 2.45) is 10.7 Å². The monoisotopic (exact) mass is 367 g/mol. The number of nitrogens with one attached hydrogen (secondary N) is 2. The third-order valence-electron chi connectivity index (χ3n) is 3.94. The lowest BCUT2D eigenvalue weighted by Crippen LogP contribution is -2.45. The molecule has 0 spiro atoms. The quantitative estimate of drug-likeness (QED) is 0.429. The van der Waals surface area contributed by atoms with Gasteiger partial charge in [-0.25, -0.2) is 9.38 Å². The minimum Gasteiger partial charge on any atom is -0.369 e. The summed E-state index contributed by atoms with van der Waals surface area (Å²) in [5.41, 5.74) is 13.5. The van der Waals surface area contributed by atoms with Crippen LogP contribution in [-0.2, 0) is 11.3 Å². The van der Waals surface area contributed by atoms with Crippen molar-refractivity contribution in [3.8, 4) is 17.2 Å². The van der Waals surface area contributed by atoms with Crippen LogP contribution in [0.4, 0.5) is 4.39 Å². The average Bonchev–Trinajstić information content (AvgIpc) is 2.65. The molecule has 4 N–H and O–H groups in total. The first kappa shape index (κ1) is 19.9. The van der Waals surface area contributed by atoms with Crippen LogP contribution in [0, 0.1) is 17.1 Å². The number of carbonyl (C=O) groups is 1. The van der Waals surface area contributed by atoms with Crippen molar-refractivity contribution in [1.82, 2.24) is 10.9 Å². The number of hydrogen-bond acceptors (Lipinski definition) is 3. The predicted molar refractivity (Wildman–Crippen MR) is 103 cm³/mol. The molecule has 1 amide bonds. The molecule has 7 heteroatoms. The largest absolute Gasteiger partial charge is 0.369 e. The summed E-state index contributed by atoms with van der Waals surface area (Å²) < 4.78 is 14.5. The van der Waals surface area contributed by atoms with Gasteiger partial charge in [0.05, 0.1) is 12.6 Å². The fraction of sp³-hybridized carbons (Fsp3) is 0.250. The van der Waals surface area contributed by atoms with Crippen molar-refractivity contribution in [2.75, 3.05) is 0 Å². The summed E-state index contributed by atoms with van der Waals surface area (Å²) in [7, 11) is 0. The van der Waals surface area contributed by atoms with Crippen LogP contribution in [0.1, 0.15) is 37.3 Å². The molecular weight excluding hydrogens is 345 g/mol. The zero-order chi connectivity index (χ0) is 19.8. The number of aliphatic imine (C=N–C) groups is 1. The molecule has 27 heavy (non-hydrogen) atoms. The van der Waals surface area contributed by atoms with Crippen molar-refractivity contribution >= 4 is 11.9 Å². The maximum absolute atomic E-state index is 14.5. The molecule has 0 aliphatic carbocycles. The fourth-order valence-corrected chi connectivity index (χ4v) is 2.57. The van der Waals surface area contributed by atoms with Gasteiger partial charge >= 0.3 is 0 Å². The number of guanidine groups is 1. The molecule has 0 fully saturated rings. The highest BCUT2D eigenvalue weighted by Crippen LogP contribution is 2.30. The molecule has 0 aromatic heterocycles. The van der Waals surface area contributed by atoms with Gasteiger partial charge in [-0.05, 0) is 28.7 Å². The van der Waals surface area contributed by atoms with E-state index in [1.165, 1.54) is 6.07 Å². The molecule has 2 rings (SSSR count). The number of hydrazine groups is 1. The van der Waals surface area contributed by atoms with E-state index in [1.54, 1.807) is 12.1 Å². The molecule has 0 heterocycles. The Balaban J connectivity index is 2.10. The Morgan fingerprint density at radius 2 is 2.00 bits per heavy atom. The number of carbonyl (C=O) groups excluding carboxylic acids is 1. The molecule has 0 aliphatic heterocycles. The van der Waals surface area contributed by atoms with Gasteiger partial charge in [-0.1, -0.05) is 50.2 Å². The minimum atomic E-state index is -0.532. The van der Waals surface area contributed by atoms with Crippen molar-refractivity contribution in [2.45, 2.75) is 32.7 Å². The molecule has 0 bridgehead atoms. The third kappa shape index (κ3) is 5.54. The van der Waals surface area contributed by atoms with E-state index in [4.69, 9.17) is 11.0 Å². The molecule has 0 saturated carbocycles. The van der Waals surface area contributed by atoms with Crippen LogP contribution in [0.2, 0.25) is 0 Å². The highest BCUT2D eigenvalue weighted by molar-refractivity contribution is 5.83. The molecule has 6 nitrogen and oxygen atoms in total. The van der Waals surface area contributed by atoms with E-state index in [2.05, 4.69) is 29.7 Å². The van der Waals surface area contributed by atoms with Gasteiger partial charge in [-0.2, -0.15) is 5.26 Å². The Morgan fingerprint density at radius 1 is 1.26 bits per heavy atom. The van der Waals surface area contributed by atoms with Crippen LogP contribution in [0.3, 0.4) is 0 Å². The maximum Gasteiger partial charge on any atom is 0.252 e. The Hall–Kier alpha value is -3.40. The lowest BCUT2D eigenvalue weighted by atomic mass is 9.92. The van der Waals surface area contributed by atoms with E-state index in [0.717, 1.165) is 16.7 Å². The molecule has 140 valence electrons. The summed E-state index contributed by atoms with van der Waals surface area (Å²) >= 11 is 0. The second kappa shape index (κ2) is 9.34. The van der Waals surface area contributed by atoms with Crippen molar-refractivity contribution in [3.05, 3.63) is 59.4 Å². The number of halogens is 1. The van der Waals surface area contributed by atoms with E-state index < -0.39 is 5.91 Å². The first-order chi connectivity index (χ1) is 12.9. The van der Waals surface area contributed by atoms with Crippen molar-refractivity contribution < 1.29 is 9.18 Å². The molecule has 0 aliphatic rings. The average molecular weight is 367 g/mol. The topological polar surface area (TPSA) is 103 Å². The lowest BCUT2D eigenvalue weighted by molar-refractivity contribution is -0.120. The van der Waals surface area contributed by atoms with Crippen LogP contribution in [0.5, 0.6) is 0 Å². The molecule has 0 saturated heterocycles. The number of hydrogen-bond donors (Lipinski definition) is 3. The third-order valence-corrected chi connectivity index (χ3v) is 3.94. The van der Waals surface area contributed by atoms with E-state index >= 15 is 0 Å². The highest BCUT2D eigenvalue weighted by Gasteiger charge is 2.10. The molecule has 0 unspecified atom stereocenters.